The first-order chi connectivity index (χ1) is 9.25. The molecule has 1 aliphatic heterocycles. The summed E-state index contributed by atoms with van der Waals surface area (Å²) in [6.45, 7) is 2.82. The van der Waals surface area contributed by atoms with Crippen LogP contribution >= 0.6 is 11.8 Å². The van der Waals surface area contributed by atoms with Gasteiger partial charge in [0.05, 0.1) is 13.2 Å². The average molecular weight is 280 g/mol. The van der Waals surface area contributed by atoms with E-state index in [-0.39, 0.29) is 5.91 Å². The lowest BCUT2D eigenvalue weighted by molar-refractivity contribution is -0.135. The number of hydrogen-bond donors (Lipinski definition) is 1. The van der Waals surface area contributed by atoms with E-state index in [4.69, 9.17) is 10.5 Å². The van der Waals surface area contributed by atoms with Crippen LogP contribution in [-0.2, 0) is 9.53 Å². The van der Waals surface area contributed by atoms with Crippen LogP contribution < -0.4 is 5.73 Å². The van der Waals surface area contributed by atoms with Gasteiger partial charge in [0.1, 0.15) is 0 Å². The van der Waals surface area contributed by atoms with Crippen LogP contribution in [0.2, 0.25) is 0 Å². The number of rotatable bonds is 5. The van der Waals surface area contributed by atoms with Gasteiger partial charge in [-0.15, -0.1) is 11.8 Å². The lowest BCUT2D eigenvalue weighted by Gasteiger charge is -2.26. The largest absolute Gasteiger partial charge is 0.399 e. The van der Waals surface area contributed by atoms with E-state index in [9.17, 15) is 4.79 Å². The maximum Gasteiger partial charge on any atom is 0.222 e. The summed E-state index contributed by atoms with van der Waals surface area (Å²) in [6, 6.07) is 7.85. The Bertz CT molecular complexity index is 420. The number of benzene rings is 1. The summed E-state index contributed by atoms with van der Waals surface area (Å²) in [4.78, 5) is 15.0. The molecule has 1 saturated heterocycles. The molecule has 104 valence electrons. The van der Waals surface area contributed by atoms with Crippen molar-refractivity contribution in [3.8, 4) is 0 Å². The maximum atomic E-state index is 11.9. The Balaban J connectivity index is 1.65. The molecule has 1 aromatic carbocycles. The van der Waals surface area contributed by atoms with Crippen molar-refractivity contribution in [1.82, 2.24) is 4.90 Å². The number of amides is 1. The Morgan fingerprint density at radius 3 is 2.89 bits per heavy atom. The van der Waals surface area contributed by atoms with Crippen molar-refractivity contribution >= 4 is 23.4 Å². The second kappa shape index (κ2) is 7.40. The predicted molar refractivity (Wildman–Crippen MR) is 78.2 cm³/mol. The van der Waals surface area contributed by atoms with Crippen LogP contribution in [0.25, 0.3) is 0 Å². The molecular weight excluding hydrogens is 260 g/mol. The summed E-state index contributed by atoms with van der Waals surface area (Å²) < 4.78 is 5.23. The molecule has 0 aromatic heterocycles. The second-order valence-corrected chi connectivity index (χ2v) is 5.69. The summed E-state index contributed by atoms with van der Waals surface area (Å²) in [6.07, 6.45) is 1.52. The number of nitrogens with zero attached hydrogens (tertiary/aromatic N) is 1. The monoisotopic (exact) mass is 280 g/mol. The van der Waals surface area contributed by atoms with Gasteiger partial charge in [-0.1, -0.05) is 6.07 Å². The molecule has 0 saturated carbocycles. The lowest BCUT2D eigenvalue weighted by Crippen LogP contribution is -2.40. The molecule has 0 aliphatic carbocycles. The number of nitrogen functional groups attached to an aromatic ring is 1. The summed E-state index contributed by atoms with van der Waals surface area (Å²) in [5.74, 6) is 1.19. The summed E-state index contributed by atoms with van der Waals surface area (Å²) >= 11 is 1.75. The minimum absolute atomic E-state index is 0.247. The van der Waals surface area contributed by atoms with Crippen LogP contribution in [-0.4, -0.2) is 42.9 Å². The van der Waals surface area contributed by atoms with Gasteiger partial charge in [0.15, 0.2) is 0 Å². The smallest absolute Gasteiger partial charge is 0.222 e. The zero-order chi connectivity index (χ0) is 13.5. The van der Waals surface area contributed by atoms with Gasteiger partial charge in [-0.3, -0.25) is 4.79 Å². The molecule has 0 spiro atoms. The van der Waals surface area contributed by atoms with E-state index < -0.39 is 0 Å². The molecule has 2 rings (SSSR count). The first kappa shape index (κ1) is 14.2. The number of morpholine rings is 1. The summed E-state index contributed by atoms with van der Waals surface area (Å²) in [7, 11) is 0. The van der Waals surface area contributed by atoms with Gasteiger partial charge in [-0.05, 0) is 30.4 Å². The van der Waals surface area contributed by atoms with Crippen molar-refractivity contribution in [3.05, 3.63) is 24.3 Å². The normalized spacial score (nSPS) is 15.5. The molecule has 4 nitrogen and oxygen atoms in total. The van der Waals surface area contributed by atoms with Gasteiger partial charge >= 0.3 is 0 Å². The zero-order valence-corrected chi connectivity index (χ0v) is 11.8. The highest BCUT2D eigenvalue weighted by Gasteiger charge is 2.15. The molecule has 2 N–H and O–H groups in total. The van der Waals surface area contributed by atoms with Gasteiger partial charge in [-0.2, -0.15) is 0 Å². The van der Waals surface area contributed by atoms with Crippen molar-refractivity contribution in [2.75, 3.05) is 37.8 Å². The minimum Gasteiger partial charge on any atom is -0.399 e. The molecule has 1 aromatic rings. The van der Waals surface area contributed by atoms with E-state index >= 15 is 0 Å². The maximum absolute atomic E-state index is 11.9. The molecule has 1 aliphatic rings. The Labute approximate surface area is 118 Å². The number of anilines is 1. The van der Waals surface area contributed by atoms with E-state index in [1.807, 2.05) is 29.2 Å². The van der Waals surface area contributed by atoms with E-state index in [0.29, 0.717) is 19.6 Å². The van der Waals surface area contributed by atoms with E-state index in [0.717, 1.165) is 31.0 Å². The topological polar surface area (TPSA) is 55.6 Å². The van der Waals surface area contributed by atoms with E-state index in [1.54, 1.807) is 11.8 Å². The molecule has 5 heteroatoms. The highest BCUT2D eigenvalue weighted by molar-refractivity contribution is 7.99. The minimum atomic E-state index is 0.247. The highest BCUT2D eigenvalue weighted by Crippen LogP contribution is 2.21. The molecule has 1 heterocycles. The molecule has 1 amide bonds. The predicted octanol–water partition coefficient (Wildman–Crippen LogP) is 2.00. The Hall–Kier alpha value is -1.20. The average Bonchev–Trinajstić information content (AvgIpc) is 2.44. The third kappa shape index (κ3) is 4.76. The van der Waals surface area contributed by atoms with Crippen LogP contribution in [0.5, 0.6) is 0 Å². The first-order valence-electron chi connectivity index (χ1n) is 6.59. The van der Waals surface area contributed by atoms with Crippen LogP contribution in [0, 0.1) is 0 Å². The summed E-state index contributed by atoms with van der Waals surface area (Å²) in [5, 5.41) is 0. The Morgan fingerprint density at radius 1 is 1.37 bits per heavy atom. The van der Waals surface area contributed by atoms with Gasteiger partial charge in [0.2, 0.25) is 5.91 Å². The quantitative estimate of drug-likeness (QED) is 0.509. The number of hydrogen-bond acceptors (Lipinski definition) is 4. The van der Waals surface area contributed by atoms with E-state index in [1.165, 1.54) is 4.90 Å². The molecular formula is C14H20N2O2S. The fraction of sp³-hybridized carbons (Fsp3) is 0.500. The highest BCUT2D eigenvalue weighted by atomic mass is 32.2. The third-order valence-corrected chi connectivity index (χ3v) is 4.11. The third-order valence-electron chi connectivity index (χ3n) is 3.03. The van der Waals surface area contributed by atoms with Crippen LogP contribution in [0.4, 0.5) is 5.69 Å². The van der Waals surface area contributed by atoms with Crippen LogP contribution in [0.3, 0.4) is 0 Å². The van der Waals surface area contributed by atoms with Crippen molar-refractivity contribution in [2.24, 2.45) is 0 Å². The number of carbonyl (C=O) groups is 1. The van der Waals surface area contributed by atoms with Gasteiger partial charge in [-0.25, -0.2) is 0 Å². The standard InChI is InChI=1S/C14H20N2O2S/c15-12-3-1-4-13(11-12)19-10-2-5-14(17)16-6-8-18-9-7-16/h1,3-4,11H,2,5-10,15H2. The zero-order valence-electron chi connectivity index (χ0n) is 11.0. The molecule has 0 atom stereocenters. The number of nitrogens with two attached hydrogens (primary N) is 1. The second-order valence-electron chi connectivity index (χ2n) is 4.52. The molecule has 19 heavy (non-hydrogen) atoms. The fourth-order valence-electron chi connectivity index (χ4n) is 1.99. The number of ether oxygens (including phenoxy) is 1. The van der Waals surface area contributed by atoms with Crippen molar-refractivity contribution in [1.29, 1.82) is 0 Å². The first-order valence-corrected chi connectivity index (χ1v) is 7.58. The van der Waals surface area contributed by atoms with Crippen LogP contribution in [0.15, 0.2) is 29.2 Å². The fourth-order valence-corrected chi connectivity index (χ4v) is 2.91. The van der Waals surface area contributed by atoms with Crippen LogP contribution in [0.1, 0.15) is 12.8 Å². The molecule has 0 bridgehead atoms. The van der Waals surface area contributed by atoms with Crippen molar-refractivity contribution in [3.63, 3.8) is 0 Å². The van der Waals surface area contributed by atoms with E-state index in [2.05, 4.69) is 0 Å². The Kier molecular flexibility index (Phi) is 5.54. The van der Waals surface area contributed by atoms with Gasteiger partial charge in [0, 0.05) is 30.1 Å². The number of carbonyl (C=O) groups excluding carboxylic acids is 1. The van der Waals surface area contributed by atoms with Gasteiger partial charge < -0.3 is 15.4 Å². The van der Waals surface area contributed by atoms with Crippen molar-refractivity contribution in [2.45, 2.75) is 17.7 Å². The SMILES string of the molecule is Nc1cccc(SCCCC(=O)N2CCOCC2)c1. The number of thioether (sulfide) groups is 1. The van der Waals surface area contributed by atoms with Gasteiger partial charge in [0.25, 0.3) is 0 Å². The van der Waals surface area contributed by atoms with Crippen molar-refractivity contribution < 1.29 is 9.53 Å². The lowest BCUT2D eigenvalue weighted by atomic mass is 10.3. The molecule has 1 fully saturated rings. The Morgan fingerprint density at radius 2 is 2.16 bits per heavy atom. The molecule has 0 unspecified atom stereocenters. The molecule has 0 radical (unpaired) electrons. The summed E-state index contributed by atoms with van der Waals surface area (Å²) in [5.41, 5.74) is 6.51.